The number of carbonyl (C=O) groups is 2. The third-order valence-corrected chi connectivity index (χ3v) is 7.12. The fourth-order valence-electron chi connectivity index (χ4n) is 3.98. The number of rotatable bonds is 8. The molecule has 2 aromatic carbocycles. The van der Waals surface area contributed by atoms with Gasteiger partial charge in [0.05, 0.1) is 23.7 Å². The molecule has 2 aliphatic heterocycles. The number of amidine groups is 1. The predicted molar refractivity (Wildman–Crippen MR) is 141 cm³/mol. The molecule has 35 heavy (non-hydrogen) atoms. The minimum Gasteiger partial charge on any atom is -0.457 e. The summed E-state index contributed by atoms with van der Waals surface area (Å²) in [5.74, 6) is -0.504. The van der Waals surface area contributed by atoms with Crippen molar-refractivity contribution in [3.8, 4) is 0 Å². The number of nitrogens with one attached hydrogen (secondary N) is 1. The lowest BCUT2D eigenvalue weighted by Crippen LogP contribution is -2.39. The molecule has 2 aliphatic rings. The van der Waals surface area contributed by atoms with Crippen molar-refractivity contribution in [2.45, 2.75) is 52.3 Å². The maximum Gasteiger partial charge on any atom is 0.338 e. The molecule has 0 spiro atoms. The molecule has 1 amide bonds. The van der Waals surface area contributed by atoms with Crippen LogP contribution in [0.4, 0.5) is 0 Å². The summed E-state index contributed by atoms with van der Waals surface area (Å²) in [6.45, 7) is 5.99. The summed E-state index contributed by atoms with van der Waals surface area (Å²) in [5, 5.41) is 6.29. The van der Waals surface area contributed by atoms with Crippen LogP contribution in [-0.4, -0.2) is 28.0 Å². The number of carbonyl (C=O) groups excluding carboxylic acids is 2. The fraction of sp³-hybridized carbons (Fsp3) is 0.296. The molecule has 0 aliphatic carbocycles. The van der Waals surface area contributed by atoms with Crippen molar-refractivity contribution in [2.75, 3.05) is 0 Å². The molecule has 2 aromatic rings. The zero-order valence-electron chi connectivity index (χ0n) is 20.0. The number of aliphatic imine (C=N–C) groups is 1. The van der Waals surface area contributed by atoms with Crippen LogP contribution in [0.5, 0.6) is 0 Å². The lowest BCUT2D eigenvalue weighted by atomic mass is 9.94. The Hall–Kier alpha value is -3.03. The Balaban J connectivity index is 1.65. The third-order valence-electron chi connectivity index (χ3n) is 5.98. The molecule has 0 radical (unpaired) electrons. The number of nitrogens with zero attached hydrogens (tertiary/aromatic N) is 2. The summed E-state index contributed by atoms with van der Waals surface area (Å²) in [7, 11) is 0. The van der Waals surface area contributed by atoms with Gasteiger partial charge in [0, 0.05) is 16.8 Å². The molecule has 6 nitrogen and oxygen atoms in total. The molecule has 8 heteroatoms. The van der Waals surface area contributed by atoms with Crippen molar-refractivity contribution < 1.29 is 14.3 Å². The van der Waals surface area contributed by atoms with Gasteiger partial charge in [-0.3, -0.25) is 4.79 Å². The van der Waals surface area contributed by atoms with Crippen LogP contribution in [-0.2, 0) is 20.9 Å². The lowest BCUT2D eigenvalue weighted by molar-refractivity contribution is -0.141. The number of allylic oxidation sites excluding steroid dienone is 1. The van der Waals surface area contributed by atoms with Crippen LogP contribution in [0.3, 0.4) is 0 Å². The number of ether oxygens (including phenoxy) is 1. The van der Waals surface area contributed by atoms with Crippen molar-refractivity contribution in [1.29, 1.82) is 0 Å². The molecule has 2 heterocycles. The van der Waals surface area contributed by atoms with E-state index in [0.29, 0.717) is 16.3 Å². The molecule has 0 aromatic heterocycles. The molecule has 182 valence electrons. The van der Waals surface area contributed by atoms with E-state index in [1.165, 1.54) is 11.8 Å². The maximum absolute atomic E-state index is 13.4. The zero-order chi connectivity index (χ0) is 24.9. The van der Waals surface area contributed by atoms with Gasteiger partial charge in [0.25, 0.3) is 0 Å². The van der Waals surface area contributed by atoms with Crippen LogP contribution >= 0.6 is 23.4 Å². The molecule has 1 N–H and O–H groups in total. The van der Waals surface area contributed by atoms with E-state index >= 15 is 0 Å². The number of fused-ring (bicyclic) bond motifs is 1. The standard InChI is InChI=1S/C27H28ClN3O3S/c1-4-17(2)29-23(32)14-22-16-35-27-30-18(3)24(26(33)34-15-19-8-6-5-7-9-19)25(31(22)27)20-10-12-21(28)13-11-20/h5-13,16-17,25H,4,14-15H2,1-3H3,(H,29,32)/t17-,25+/m0/s1. The number of hydrogen-bond acceptors (Lipinski definition) is 6. The van der Waals surface area contributed by atoms with E-state index in [-0.39, 0.29) is 25.0 Å². The van der Waals surface area contributed by atoms with Crippen molar-refractivity contribution in [3.63, 3.8) is 0 Å². The van der Waals surface area contributed by atoms with E-state index < -0.39 is 12.0 Å². The molecular formula is C27H28ClN3O3S. The molecule has 2 atom stereocenters. The lowest BCUT2D eigenvalue weighted by Gasteiger charge is -2.36. The van der Waals surface area contributed by atoms with Gasteiger partial charge in [-0.1, -0.05) is 72.8 Å². The Morgan fingerprint density at radius 1 is 1.17 bits per heavy atom. The normalized spacial score (nSPS) is 17.9. The number of thioether (sulfide) groups is 1. The second kappa shape index (κ2) is 11.1. The van der Waals surface area contributed by atoms with Crippen LogP contribution in [0.1, 0.15) is 50.8 Å². The number of hydrogen-bond donors (Lipinski definition) is 1. The molecule has 0 unspecified atom stereocenters. The Morgan fingerprint density at radius 3 is 2.57 bits per heavy atom. The second-order valence-corrected chi connectivity index (χ2v) is 9.83. The largest absolute Gasteiger partial charge is 0.457 e. The van der Waals surface area contributed by atoms with Gasteiger partial charge in [-0.2, -0.15) is 0 Å². The predicted octanol–water partition coefficient (Wildman–Crippen LogP) is 5.96. The smallest absolute Gasteiger partial charge is 0.338 e. The number of benzene rings is 2. The van der Waals surface area contributed by atoms with Crippen LogP contribution in [0.25, 0.3) is 0 Å². The molecule has 0 bridgehead atoms. The summed E-state index contributed by atoms with van der Waals surface area (Å²) in [4.78, 5) is 32.8. The highest BCUT2D eigenvalue weighted by molar-refractivity contribution is 8.16. The Kier molecular flexibility index (Phi) is 7.98. The first-order valence-electron chi connectivity index (χ1n) is 11.6. The Morgan fingerprint density at radius 2 is 1.89 bits per heavy atom. The second-order valence-electron chi connectivity index (χ2n) is 8.56. The Labute approximate surface area is 215 Å². The summed E-state index contributed by atoms with van der Waals surface area (Å²) in [6.07, 6.45) is 1.04. The average Bonchev–Trinajstić information content (AvgIpc) is 3.24. The van der Waals surface area contributed by atoms with E-state index in [2.05, 4.69) is 5.32 Å². The zero-order valence-corrected chi connectivity index (χ0v) is 21.5. The SMILES string of the molecule is CC[C@H](C)NC(=O)CC1=CSC2=NC(C)=C(C(=O)OCc3ccccc3)[C@@H](c3ccc(Cl)cc3)N12. The highest BCUT2D eigenvalue weighted by atomic mass is 35.5. The number of halogens is 1. The van der Waals surface area contributed by atoms with Gasteiger partial charge in [0.1, 0.15) is 6.61 Å². The van der Waals surface area contributed by atoms with E-state index in [9.17, 15) is 9.59 Å². The van der Waals surface area contributed by atoms with Crippen LogP contribution in [0.15, 0.2) is 82.0 Å². The average molecular weight is 510 g/mol. The highest BCUT2D eigenvalue weighted by Gasteiger charge is 2.41. The van der Waals surface area contributed by atoms with E-state index in [1.54, 1.807) is 12.1 Å². The minimum absolute atomic E-state index is 0.0678. The van der Waals surface area contributed by atoms with Gasteiger partial charge in [0.2, 0.25) is 5.91 Å². The summed E-state index contributed by atoms with van der Waals surface area (Å²) in [6, 6.07) is 16.6. The highest BCUT2D eigenvalue weighted by Crippen LogP contribution is 2.45. The van der Waals surface area contributed by atoms with Gasteiger partial charge in [0.15, 0.2) is 5.17 Å². The molecular weight excluding hydrogens is 482 g/mol. The van der Waals surface area contributed by atoms with Gasteiger partial charge < -0.3 is 15.0 Å². The quantitative estimate of drug-likeness (QED) is 0.444. The van der Waals surface area contributed by atoms with E-state index in [0.717, 1.165) is 28.4 Å². The van der Waals surface area contributed by atoms with E-state index in [4.69, 9.17) is 21.3 Å². The number of amides is 1. The monoisotopic (exact) mass is 509 g/mol. The van der Waals surface area contributed by atoms with Crippen molar-refractivity contribution in [2.24, 2.45) is 4.99 Å². The van der Waals surface area contributed by atoms with E-state index in [1.807, 2.05) is 73.5 Å². The first-order valence-corrected chi connectivity index (χ1v) is 12.8. The van der Waals surface area contributed by atoms with Crippen molar-refractivity contribution >= 4 is 40.4 Å². The molecule has 0 saturated carbocycles. The molecule has 0 saturated heterocycles. The molecule has 0 fully saturated rings. The minimum atomic E-state index is -0.485. The molecule has 4 rings (SSSR count). The summed E-state index contributed by atoms with van der Waals surface area (Å²) < 4.78 is 5.72. The fourth-order valence-corrected chi connectivity index (χ4v) is 5.07. The maximum atomic E-state index is 13.4. The first-order chi connectivity index (χ1) is 16.9. The van der Waals surface area contributed by atoms with Crippen LogP contribution < -0.4 is 5.32 Å². The van der Waals surface area contributed by atoms with Gasteiger partial charge in [-0.15, -0.1) is 0 Å². The number of esters is 1. The first kappa shape index (κ1) is 25.1. The van der Waals surface area contributed by atoms with Gasteiger partial charge in [-0.05, 0) is 48.9 Å². The Bertz CT molecular complexity index is 1190. The van der Waals surface area contributed by atoms with Gasteiger partial charge >= 0.3 is 5.97 Å². The summed E-state index contributed by atoms with van der Waals surface area (Å²) in [5.41, 5.74) is 3.60. The van der Waals surface area contributed by atoms with Gasteiger partial charge in [-0.25, -0.2) is 9.79 Å². The van der Waals surface area contributed by atoms with Crippen molar-refractivity contribution in [1.82, 2.24) is 10.2 Å². The third kappa shape index (κ3) is 5.80. The van der Waals surface area contributed by atoms with Crippen molar-refractivity contribution in [3.05, 3.63) is 93.1 Å². The summed E-state index contributed by atoms with van der Waals surface area (Å²) >= 11 is 7.61. The van der Waals surface area contributed by atoms with Crippen LogP contribution in [0, 0.1) is 0 Å². The topological polar surface area (TPSA) is 71.0 Å². The van der Waals surface area contributed by atoms with Crippen LogP contribution in [0.2, 0.25) is 5.02 Å².